The fraction of sp³-hybridized carbons (Fsp3) is 0.400. The molecule has 0 saturated carbocycles. The molecule has 0 amide bonds. The third-order valence-electron chi connectivity index (χ3n) is 1.90. The molecule has 72 valence electrons. The van der Waals surface area contributed by atoms with Gasteiger partial charge in [-0.15, -0.1) is 0 Å². The Morgan fingerprint density at radius 2 is 2.00 bits per heavy atom. The molecule has 0 aliphatic heterocycles. The lowest BCUT2D eigenvalue weighted by molar-refractivity contribution is 0.0927. The van der Waals surface area contributed by atoms with Crippen molar-refractivity contribution in [3.63, 3.8) is 0 Å². The van der Waals surface area contributed by atoms with E-state index < -0.39 is 18.1 Å². The zero-order valence-corrected chi connectivity index (χ0v) is 7.37. The highest BCUT2D eigenvalue weighted by molar-refractivity contribution is 5.18. The predicted octanol–water partition coefficient (Wildman–Crippen LogP) is 2.09. The second-order valence-corrected chi connectivity index (χ2v) is 3.05. The first kappa shape index (κ1) is 10.1. The molecule has 0 saturated heterocycles. The molecule has 2 atom stereocenters. The van der Waals surface area contributed by atoms with Gasteiger partial charge in [-0.25, -0.2) is 8.78 Å². The van der Waals surface area contributed by atoms with Gasteiger partial charge in [0.25, 0.3) is 0 Å². The van der Waals surface area contributed by atoms with Gasteiger partial charge in [0, 0.05) is 6.42 Å². The van der Waals surface area contributed by atoms with Gasteiger partial charge < -0.3 is 5.11 Å². The first-order valence-corrected chi connectivity index (χ1v) is 4.17. The fourth-order valence-electron chi connectivity index (χ4n) is 1.04. The summed E-state index contributed by atoms with van der Waals surface area (Å²) < 4.78 is 25.9. The van der Waals surface area contributed by atoms with E-state index in [0.717, 1.165) is 0 Å². The lowest BCUT2D eigenvalue weighted by Crippen LogP contribution is -2.20. The average Bonchev–Trinajstić information content (AvgIpc) is 2.08. The molecule has 0 fully saturated rings. The summed E-state index contributed by atoms with van der Waals surface area (Å²) >= 11 is 0. The molecule has 1 rings (SSSR count). The zero-order chi connectivity index (χ0) is 9.84. The van der Waals surface area contributed by atoms with Crippen molar-refractivity contribution in [3.05, 3.63) is 35.6 Å². The zero-order valence-electron chi connectivity index (χ0n) is 7.37. The molecule has 0 aliphatic carbocycles. The van der Waals surface area contributed by atoms with Crippen LogP contribution in [-0.2, 0) is 6.42 Å². The standard InChI is InChI=1S/C10H12F2O/c1-7(13)10(12)6-8-4-2-3-5-9(8)11/h2-5,7,10,13H,6H2,1H3. The van der Waals surface area contributed by atoms with Crippen molar-refractivity contribution >= 4 is 0 Å². The van der Waals surface area contributed by atoms with Gasteiger partial charge in [0.1, 0.15) is 12.0 Å². The monoisotopic (exact) mass is 186 g/mol. The molecule has 0 aromatic heterocycles. The number of rotatable bonds is 3. The SMILES string of the molecule is CC(O)C(F)Cc1ccccc1F. The number of halogens is 2. The number of benzene rings is 1. The highest BCUT2D eigenvalue weighted by Crippen LogP contribution is 2.12. The van der Waals surface area contributed by atoms with Gasteiger partial charge >= 0.3 is 0 Å². The van der Waals surface area contributed by atoms with Crippen LogP contribution in [0.15, 0.2) is 24.3 Å². The number of alkyl halides is 1. The molecule has 0 radical (unpaired) electrons. The summed E-state index contributed by atoms with van der Waals surface area (Å²) in [6, 6.07) is 6.00. The van der Waals surface area contributed by atoms with Crippen molar-refractivity contribution in [2.24, 2.45) is 0 Å². The van der Waals surface area contributed by atoms with Crippen molar-refractivity contribution in [3.8, 4) is 0 Å². The van der Waals surface area contributed by atoms with Crippen LogP contribution in [0.4, 0.5) is 8.78 Å². The van der Waals surface area contributed by atoms with E-state index in [2.05, 4.69) is 0 Å². The number of hydrogen-bond donors (Lipinski definition) is 1. The maximum absolute atomic E-state index is 13.0. The maximum atomic E-state index is 13.0. The van der Waals surface area contributed by atoms with E-state index in [1.165, 1.54) is 19.1 Å². The van der Waals surface area contributed by atoms with E-state index >= 15 is 0 Å². The van der Waals surface area contributed by atoms with E-state index in [1.54, 1.807) is 12.1 Å². The fourth-order valence-corrected chi connectivity index (χ4v) is 1.04. The first-order chi connectivity index (χ1) is 6.11. The second kappa shape index (κ2) is 4.33. The van der Waals surface area contributed by atoms with Crippen LogP contribution < -0.4 is 0 Å². The van der Waals surface area contributed by atoms with Crippen LogP contribution in [0.2, 0.25) is 0 Å². The Morgan fingerprint density at radius 3 is 2.54 bits per heavy atom. The Labute approximate surface area is 76.0 Å². The van der Waals surface area contributed by atoms with E-state index in [9.17, 15) is 8.78 Å². The topological polar surface area (TPSA) is 20.2 Å². The summed E-state index contributed by atoms with van der Waals surface area (Å²) in [5.41, 5.74) is 0.302. The largest absolute Gasteiger partial charge is 0.390 e. The number of aliphatic hydroxyl groups is 1. The molecule has 1 aromatic carbocycles. The van der Waals surface area contributed by atoms with Gasteiger partial charge in [-0.2, -0.15) is 0 Å². The van der Waals surface area contributed by atoms with Crippen molar-refractivity contribution in [1.82, 2.24) is 0 Å². The Hall–Kier alpha value is -0.960. The normalized spacial score (nSPS) is 15.4. The van der Waals surface area contributed by atoms with Crippen LogP contribution in [-0.4, -0.2) is 17.4 Å². The molecule has 13 heavy (non-hydrogen) atoms. The van der Waals surface area contributed by atoms with Crippen molar-refractivity contribution in [2.45, 2.75) is 25.6 Å². The van der Waals surface area contributed by atoms with Crippen molar-refractivity contribution < 1.29 is 13.9 Å². The Balaban J connectivity index is 2.69. The quantitative estimate of drug-likeness (QED) is 0.766. The van der Waals surface area contributed by atoms with E-state index in [4.69, 9.17) is 5.11 Å². The van der Waals surface area contributed by atoms with Gasteiger partial charge in [0.2, 0.25) is 0 Å². The molecular weight excluding hydrogens is 174 g/mol. The molecule has 0 heterocycles. The summed E-state index contributed by atoms with van der Waals surface area (Å²) in [7, 11) is 0. The summed E-state index contributed by atoms with van der Waals surface area (Å²) in [4.78, 5) is 0. The van der Waals surface area contributed by atoms with Gasteiger partial charge in [-0.05, 0) is 18.6 Å². The smallest absolute Gasteiger partial charge is 0.130 e. The van der Waals surface area contributed by atoms with Gasteiger partial charge in [0.05, 0.1) is 6.10 Å². The Bertz CT molecular complexity index is 273. The van der Waals surface area contributed by atoms with Crippen LogP contribution in [0.25, 0.3) is 0 Å². The van der Waals surface area contributed by atoms with E-state index in [0.29, 0.717) is 5.56 Å². The third kappa shape index (κ3) is 2.77. The van der Waals surface area contributed by atoms with E-state index in [-0.39, 0.29) is 6.42 Å². The van der Waals surface area contributed by atoms with Crippen LogP contribution in [0.1, 0.15) is 12.5 Å². The minimum absolute atomic E-state index is 0.0790. The molecule has 0 bridgehead atoms. The lowest BCUT2D eigenvalue weighted by atomic mass is 10.1. The third-order valence-corrected chi connectivity index (χ3v) is 1.90. The summed E-state index contributed by atoms with van der Waals surface area (Å²) in [5, 5.41) is 8.88. The molecule has 3 heteroatoms. The van der Waals surface area contributed by atoms with Crippen molar-refractivity contribution in [1.29, 1.82) is 0 Å². The minimum Gasteiger partial charge on any atom is -0.390 e. The Morgan fingerprint density at radius 1 is 1.38 bits per heavy atom. The van der Waals surface area contributed by atoms with Crippen LogP contribution >= 0.6 is 0 Å². The minimum atomic E-state index is -1.41. The maximum Gasteiger partial charge on any atom is 0.130 e. The molecule has 2 unspecified atom stereocenters. The highest BCUT2D eigenvalue weighted by atomic mass is 19.1. The average molecular weight is 186 g/mol. The molecule has 1 aromatic rings. The molecule has 0 aliphatic rings. The van der Waals surface area contributed by atoms with E-state index in [1.807, 2.05) is 0 Å². The molecule has 1 nitrogen and oxygen atoms in total. The highest BCUT2D eigenvalue weighted by Gasteiger charge is 2.15. The summed E-state index contributed by atoms with van der Waals surface area (Å²) in [5.74, 6) is -0.425. The van der Waals surface area contributed by atoms with Crippen LogP contribution in [0.3, 0.4) is 0 Å². The molecule has 1 N–H and O–H groups in total. The number of aliphatic hydroxyl groups excluding tert-OH is 1. The van der Waals surface area contributed by atoms with Crippen LogP contribution in [0.5, 0.6) is 0 Å². The lowest BCUT2D eigenvalue weighted by Gasteiger charge is -2.11. The van der Waals surface area contributed by atoms with Gasteiger partial charge in [-0.1, -0.05) is 18.2 Å². The Kier molecular flexibility index (Phi) is 3.37. The van der Waals surface area contributed by atoms with Gasteiger partial charge in [0.15, 0.2) is 0 Å². The summed E-state index contributed by atoms with van der Waals surface area (Å²) in [6.45, 7) is 1.35. The predicted molar refractivity (Wildman–Crippen MR) is 46.7 cm³/mol. The molecular formula is C10H12F2O. The van der Waals surface area contributed by atoms with Gasteiger partial charge in [-0.3, -0.25) is 0 Å². The second-order valence-electron chi connectivity index (χ2n) is 3.05. The number of hydrogen-bond acceptors (Lipinski definition) is 1. The molecule has 0 spiro atoms. The van der Waals surface area contributed by atoms with Crippen LogP contribution in [0, 0.1) is 5.82 Å². The first-order valence-electron chi connectivity index (χ1n) is 4.17. The van der Waals surface area contributed by atoms with Crippen molar-refractivity contribution in [2.75, 3.05) is 0 Å². The summed E-state index contributed by atoms with van der Waals surface area (Å²) in [6.07, 6.45) is -2.54.